The van der Waals surface area contributed by atoms with E-state index in [0.717, 1.165) is 13.0 Å². The summed E-state index contributed by atoms with van der Waals surface area (Å²) in [4.78, 5) is 11.0. The van der Waals surface area contributed by atoms with Gasteiger partial charge in [0.25, 0.3) is 0 Å². The van der Waals surface area contributed by atoms with Crippen LogP contribution in [-0.2, 0) is 11.2 Å². The number of rotatable bonds is 6. The lowest BCUT2D eigenvalue weighted by molar-refractivity contribution is -0.146. The van der Waals surface area contributed by atoms with Crippen LogP contribution in [0, 0.1) is 26.2 Å². The summed E-state index contributed by atoms with van der Waals surface area (Å²) in [5.74, 6) is -0.762. The lowest BCUT2D eigenvalue weighted by Crippen LogP contribution is -2.36. The Morgan fingerprint density at radius 1 is 1.16 bits per heavy atom. The first-order valence-electron chi connectivity index (χ1n) is 6.75. The van der Waals surface area contributed by atoms with E-state index in [1.165, 1.54) is 22.3 Å². The number of hydrogen-bond donors (Lipinski definition) is 2. The molecule has 0 saturated carbocycles. The molecule has 0 amide bonds. The molecule has 1 aromatic rings. The number of hydrogen-bond acceptors (Lipinski definition) is 2. The van der Waals surface area contributed by atoms with E-state index in [-0.39, 0.29) is 0 Å². The second kappa shape index (κ2) is 6.20. The van der Waals surface area contributed by atoms with Crippen molar-refractivity contribution in [1.82, 2.24) is 5.32 Å². The number of aryl methyl sites for hydroxylation is 3. The second-order valence-electron chi connectivity index (χ2n) is 5.98. The Kier molecular flexibility index (Phi) is 5.12. The van der Waals surface area contributed by atoms with Crippen LogP contribution in [0.15, 0.2) is 12.1 Å². The van der Waals surface area contributed by atoms with Crippen molar-refractivity contribution in [3.8, 4) is 0 Å². The van der Waals surface area contributed by atoms with Gasteiger partial charge in [-0.2, -0.15) is 0 Å². The molecular formula is C16H25NO2. The maximum atomic E-state index is 11.0. The zero-order valence-corrected chi connectivity index (χ0v) is 12.6. The van der Waals surface area contributed by atoms with Gasteiger partial charge in [0, 0.05) is 6.54 Å². The summed E-state index contributed by atoms with van der Waals surface area (Å²) in [6, 6.07) is 4.44. The molecule has 0 radical (unpaired) electrons. The van der Waals surface area contributed by atoms with Gasteiger partial charge in [-0.1, -0.05) is 12.1 Å². The highest BCUT2D eigenvalue weighted by atomic mass is 16.4. The molecule has 1 aromatic carbocycles. The highest BCUT2D eigenvalue weighted by Crippen LogP contribution is 2.16. The molecule has 0 heterocycles. The molecule has 0 bridgehead atoms. The number of nitrogens with one attached hydrogen (secondary N) is 1. The van der Waals surface area contributed by atoms with Gasteiger partial charge < -0.3 is 10.4 Å². The van der Waals surface area contributed by atoms with E-state index in [4.69, 9.17) is 5.11 Å². The average Bonchev–Trinajstić information content (AvgIpc) is 2.30. The first kappa shape index (κ1) is 15.7. The number of benzene rings is 1. The van der Waals surface area contributed by atoms with E-state index in [1.54, 1.807) is 13.8 Å². The Hall–Kier alpha value is -1.35. The molecule has 0 unspecified atom stereocenters. The zero-order valence-electron chi connectivity index (χ0n) is 12.6. The van der Waals surface area contributed by atoms with Gasteiger partial charge in [0.2, 0.25) is 0 Å². The van der Waals surface area contributed by atoms with Gasteiger partial charge in [0.1, 0.15) is 0 Å². The van der Waals surface area contributed by atoms with Crippen molar-refractivity contribution in [2.45, 2.75) is 41.0 Å². The molecule has 0 aliphatic heterocycles. The van der Waals surface area contributed by atoms with Crippen molar-refractivity contribution >= 4 is 5.97 Å². The molecule has 19 heavy (non-hydrogen) atoms. The summed E-state index contributed by atoms with van der Waals surface area (Å²) in [6.45, 7) is 11.2. The minimum Gasteiger partial charge on any atom is -0.481 e. The Morgan fingerprint density at radius 3 is 2.32 bits per heavy atom. The first-order chi connectivity index (χ1) is 8.74. The predicted octanol–water partition coefficient (Wildman–Crippen LogP) is 2.85. The van der Waals surface area contributed by atoms with E-state index in [2.05, 4.69) is 38.2 Å². The fourth-order valence-corrected chi connectivity index (χ4v) is 1.99. The number of carboxylic acid groups (broad SMARTS) is 1. The topological polar surface area (TPSA) is 49.3 Å². The fraction of sp³-hybridized carbons (Fsp3) is 0.562. The van der Waals surface area contributed by atoms with E-state index >= 15 is 0 Å². The molecule has 3 heteroatoms. The number of carboxylic acids is 1. The SMILES string of the molecule is Cc1cc(C)c(CCNCC(C)(C)C(=O)O)cc1C. The summed E-state index contributed by atoms with van der Waals surface area (Å²) in [6.07, 6.45) is 0.933. The van der Waals surface area contributed by atoms with E-state index in [0.29, 0.717) is 6.54 Å². The van der Waals surface area contributed by atoms with Crippen LogP contribution in [0.5, 0.6) is 0 Å². The number of carbonyl (C=O) groups is 1. The highest BCUT2D eigenvalue weighted by molar-refractivity contribution is 5.73. The third-order valence-electron chi connectivity index (χ3n) is 3.67. The lowest BCUT2D eigenvalue weighted by atomic mass is 9.93. The second-order valence-corrected chi connectivity index (χ2v) is 5.98. The van der Waals surface area contributed by atoms with Crippen LogP contribution in [0.1, 0.15) is 36.1 Å². The zero-order chi connectivity index (χ0) is 14.6. The van der Waals surface area contributed by atoms with Crippen molar-refractivity contribution in [1.29, 1.82) is 0 Å². The lowest BCUT2D eigenvalue weighted by Gasteiger charge is -2.19. The van der Waals surface area contributed by atoms with Crippen molar-refractivity contribution < 1.29 is 9.90 Å². The summed E-state index contributed by atoms with van der Waals surface area (Å²) in [5.41, 5.74) is 4.57. The molecule has 0 aromatic heterocycles. The highest BCUT2D eigenvalue weighted by Gasteiger charge is 2.26. The fourth-order valence-electron chi connectivity index (χ4n) is 1.99. The van der Waals surface area contributed by atoms with Crippen molar-refractivity contribution in [2.24, 2.45) is 5.41 Å². The van der Waals surface area contributed by atoms with Crippen LogP contribution in [0.4, 0.5) is 0 Å². The standard InChI is InChI=1S/C16H25NO2/c1-11-8-13(3)14(9-12(11)2)6-7-17-10-16(4,5)15(18)19/h8-9,17H,6-7,10H2,1-5H3,(H,18,19). The average molecular weight is 263 g/mol. The molecule has 0 spiro atoms. The van der Waals surface area contributed by atoms with Crippen LogP contribution in [0.3, 0.4) is 0 Å². The van der Waals surface area contributed by atoms with Crippen LogP contribution in [-0.4, -0.2) is 24.2 Å². The van der Waals surface area contributed by atoms with Gasteiger partial charge in [0.05, 0.1) is 5.41 Å². The molecule has 3 nitrogen and oxygen atoms in total. The smallest absolute Gasteiger partial charge is 0.310 e. The van der Waals surface area contributed by atoms with Gasteiger partial charge in [-0.15, -0.1) is 0 Å². The van der Waals surface area contributed by atoms with Gasteiger partial charge in [-0.3, -0.25) is 4.79 Å². The van der Waals surface area contributed by atoms with Gasteiger partial charge >= 0.3 is 5.97 Å². The Labute approximate surface area is 116 Å². The van der Waals surface area contributed by atoms with E-state index in [1.807, 2.05) is 0 Å². The number of aliphatic carboxylic acids is 1. The van der Waals surface area contributed by atoms with E-state index in [9.17, 15) is 4.79 Å². The molecule has 0 aliphatic rings. The van der Waals surface area contributed by atoms with Gasteiger partial charge in [0.15, 0.2) is 0 Å². The summed E-state index contributed by atoms with van der Waals surface area (Å²) in [5, 5.41) is 12.3. The van der Waals surface area contributed by atoms with Crippen LogP contribution in [0.25, 0.3) is 0 Å². The van der Waals surface area contributed by atoms with Gasteiger partial charge in [-0.25, -0.2) is 0 Å². The maximum Gasteiger partial charge on any atom is 0.310 e. The molecule has 0 saturated heterocycles. The molecule has 106 valence electrons. The maximum absolute atomic E-state index is 11.0. The van der Waals surface area contributed by atoms with Gasteiger partial charge in [-0.05, 0) is 69.8 Å². The predicted molar refractivity (Wildman–Crippen MR) is 78.6 cm³/mol. The molecule has 1 rings (SSSR count). The normalized spacial score (nSPS) is 11.6. The third kappa shape index (κ3) is 4.35. The Bertz CT molecular complexity index is 464. The van der Waals surface area contributed by atoms with E-state index < -0.39 is 11.4 Å². The quantitative estimate of drug-likeness (QED) is 0.776. The van der Waals surface area contributed by atoms with Crippen LogP contribution < -0.4 is 5.32 Å². The Morgan fingerprint density at radius 2 is 1.74 bits per heavy atom. The Balaban J connectivity index is 2.51. The van der Waals surface area contributed by atoms with Crippen molar-refractivity contribution in [3.05, 3.63) is 34.4 Å². The molecule has 0 atom stereocenters. The minimum atomic E-state index is -0.762. The summed E-state index contributed by atoms with van der Waals surface area (Å²) >= 11 is 0. The molecule has 2 N–H and O–H groups in total. The summed E-state index contributed by atoms with van der Waals surface area (Å²) in [7, 11) is 0. The largest absolute Gasteiger partial charge is 0.481 e. The minimum absolute atomic E-state index is 0.492. The first-order valence-corrected chi connectivity index (χ1v) is 6.75. The molecule has 0 fully saturated rings. The van der Waals surface area contributed by atoms with Crippen LogP contribution in [0.2, 0.25) is 0 Å². The van der Waals surface area contributed by atoms with Crippen molar-refractivity contribution in [3.63, 3.8) is 0 Å². The third-order valence-corrected chi connectivity index (χ3v) is 3.67. The summed E-state index contributed by atoms with van der Waals surface area (Å²) < 4.78 is 0. The monoisotopic (exact) mass is 263 g/mol. The molecule has 0 aliphatic carbocycles. The van der Waals surface area contributed by atoms with Crippen LogP contribution >= 0.6 is 0 Å². The molecular weight excluding hydrogens is 238 g/mol. The van der Waals surface area contributed by atoms with Crippen molar-refractivity contribution in [2.75, 3.05) is 13.1 Å².